The third-order valence-corrected chi connectivity index (χ3v) is 2.49. The Balaban J connectivity index is 2.47. The van der Waals surface area contributed by atoms with E-state index in [1.54, 1.807) is 0 Å². The van der Waals surface area contributed by atoms with Crippen LogP contribution in [-0.4, -0.2) is 52.7 Å². The first-order valence-corrected chi connectivity index (χ1v) is 4.39. The van der Waals surface area contributed by atoms with Gasteiger partial charge in [-0.15, -0.1) is 0 Å². The molecule has 0 bridgehead atoms. The van der Waals surface area contributed by atoms with E-state index in [1.807, 2.05) is 0 Å². The van der Waals surface area contributed by atoms with Crippen LogP contribution in [0.25, 0.3) is 0 Å². The summed E-state index contributed by atoms with van der Waals surface area (Å²) in [6.07, 6.45) is -2.71. The number of halogens is 2. The molecule has 0 saturated carbocycles. The van der Waals surface area contributed by atoms with Crippen molar-refractivity contribution in [2.45, 2.75) is 24.9 Å². The zero-order chi connectivity index (χ0) is 10.8. The van der Waals surface area contributed by atoms with Crippen molar-refractivity contribution in [1.29, 1.82) is 0 Å². The second-order valence-electron chi connectivity index (χ2n) is 3.51. The van der Waals surface area contributed by atoms with E-state index in [2.05, 4.69) is 0 Å². The van der Waals surface area contributed by atoms with Crippen molar-refractivity contribution in [3.05, 3.63) is 0 Å². The molecule has 0 spiro atoms. The van der Waals surface area contributed by atoms with Gasteiger partial charge in [-0.3, -0.25) is 4.79 Å². The molecule has 1 rings (SSSR count). The highest BCUT2D eigenvalue weighted by Crippen LogP contribution is 2.22. The molecule has 1 saturated heterocycles. The molecule has 0 aromatic heterocycles. The van der Waals surface area contributed by atoms with Gasteiger partial charge in [-0.25, -0.2) is 0 Å². The molecular weight excluding hydrogens is 196 g/mol. The molecule has 0 aromatic carbocycles. The van der Waals surface area contributed by atoms with Crippen LogP contribution >= 0.6 is 0 Å². The van der Waals surface area contributed by atoms with Crippen LogP contribution in [0.3, 0.4) is 0 Å². The van der Waals surface area contributed by atoms with Crippen LogP contribution in [0, 0.1) is 0 Å². The molecule has 1 fully saturated rings. The van der Waals surface area contributed by atoms with E-state index in [1.165, 1.54) is 0 Å². The summed E-state index contributed by atoms with van der Waals surface area (Å²) in [6, 6.07) is 0. The Morgan fingerprint density at radius 1 is 1.43 bits per heavy atom. The fourth-order valence-electron chi connectivity index (χ4n) is 1.44. The number of amides is 1. The first-order valence-electron chi connectivity index (χ1n) is 4.39. The number of aliphatic hydroxyl groups excluding tert-OH is 1. The summed E-state index contributed by atoms with van der Waals surface area (Å²) in [7, 11) is 0. The van der Waals surface area contributed by atoms with Crippen molar-refractivity contribution >= 4 is 5.91 Å². The normalized spacial score (nSPS) is 21.4. The molecular formula is C8H13F2NO3. The lowest BCUT2D eigenvalue weighted by atomic mass is 9.92. The third kappa shape index (κ3) is 2.39. The second kappa shape index (κ2) is 4.18. The minimum absolute atomic E-state index is 0.0697. The maximum atomic E-state index is 12.0. The monoisotopic (exact) mass is 209 g/mol. The number of hydrogen-bond donors (Lipinski definition) is 2. The summed E-state index contributed by atoms with van der Waals surface area (Å²) < 4.78 is 24.0. The molecule has 0 unspecified atom stereocenters. The smallest absolute Gasteiger partial charge is 0.315 e. The first-order chi connectivity index (χ1) is 6.48. The number of alkyl halides is 2. The van der Waals surface area contributed by atoms with Crippen molar-refractivity contribution in [2.24, 2.45) is 0 Å². The average molecular weight is 209 g/mol. The predicted molar refractivity (Wildman–Crippen MR) is 43.9 cm³/mol. The van der Waals surface area contributed by atoms with Gasteiger partial charge < -0.3 is 15.1 Å². The van der Waals surface area contributed by atoms with Crippen molar-refractivity contribution in [3.63, 3.8) is 0 Å². The quantitative estimate of drug-likeness (QED) is 0.650. The fraction of sp³-hybridized carbons (Fsp3) is 0.875. The number of hydrogen-bond acceptors (Lipinski definition) is 3. The number of piperidine rings is 1. The lowest BCUT2D eigenvalue weighted by Gasteiger charge is -2.36. The Kier molecular flexibility index (Phi) is 3.38. The largest absolute Gasteiger partial charge is 0.393 e. The molecule has 14 heavy (non-hydrogen) atoms. The van der Waals surface area contributed by atoms with Gasteiger partial charge in [0.25, 0.3) is 5.91 Å². The third-order valence-electron chi connectivity index (χ3n) is 2.49. The zero-order valence-electron chi connectivity index (χ0n) is 7.62. The minimum atomic E-state index is -2.99. The van der Waals surface area contributed by atoms with Gasteiger partial charge in [0.2, 0.25) is 0 Å². The number of carbonyl (C=O) groups is 1. The highest BCUT2D eigenvalue weighted by atomic mass is 19.3. The SMILES string of the molecule is O=C(C(F)F)N1CCC(O)(CO)CC1. The minimum Gasteiger partial charge on any atom is -0.393 e. The van der Waals surface area contributed by atoms with E-state index >= 15 is 0 Å². The molecule has 2 N–H and O–H groups in total. The molecule has 4 nitrogen and oxygen atoms in total. The maximum Gasteiger partial charge on any atom is 0.315 e. The molecule has 1 aliphatic heterocycles. The van der Waals surface area contributed by atoms with Gasteiger partial charge in [0.1, 0.15) is 0 Å². The van der Waals surface area contributed by atoms with Crippen molar-refractivity contribution < 1.29 is 23.8 Å². The Labute approximate surface area is 80.1 Å². The molecule has 0 aromatic rings. The summed E-state index contributed by atoms with van der Waals surface area (Å²) >= 11 is 0. The number of carbonyl (C=O) groups excluding carboxylic acids is 1. The van der Waals surface area contributed by atoms with Crippen LogP contribution in [0.4, 0.5) is 8.78 Å². The van der Waals surface area contributed by atoms with Crippen molar-refractivity contribution in [2.75, 3.05) is 19.7 Å². The standard InChI is InChI=1S/C8H13F2NO3/c9-6(10)7(13)11-3-1-8(14,5-12)2-4-11/h6,12,14H,1-5H2. The summed E-state index contributed by atoms with van der Waals surface area (Å²) in [5.41, 5.74) is -1.21. The molecule has 0 atom stereocenters. The number of nitrogens with zero attached hydrogens (tertiary/aromatic N) is 1. The van der Waals surface area contributed by atoms with E-state index in [0.29, 0.717) is 0 Å². The van der Waals surface area contributed by atoms with Crippen LogP contribution in [0.2, 0.25) is 0 Å². The lowest BCUT2D eigenvalue weighted by molar-refractivity contribution is -0.148. The van der Waals surface area contributed by atoms with Crippen molar-refractivity contribution in [3.8, 4) is 0 Å². The average Bonchev–Trinajstić information content (AvgIpc) is 2.18. The Hall–Kier alpha value is -0.750. The number of aliphatic hydroxyl groups is 2. The number of rotatable bonds is 2. The highest BCUT2D eigenvalue weighted by Gasteiger charge is 2.35. The van der Waals surface area contributed by atoms with Crippen LogP contribution in [0.5, 0.6) is 0 Å². The van der Waals surface area contributed by atoms with E-state index < -0.39 is 24.5 Å². The van der Waals surface area contributed by atoms with E-state index in [9.17, 15) is 18.7 Å². The van der Waals surface area contributed by atoms with Gasteiger partial charge in [0, 0.05) is 13.1 Å². The topological polar surface area (TPSA) is 60.8 Å². The highest BCUT2D eigenvalue weighted by molar-refractivity contribution is 5.79. The van der Waals surface area contributed by atoms with Gasteiger partial charge in [-0.2, -0.15) is 8.78 Å². The van der Waals surface area contributed by atoms with Gasteiger partial charge in [-0.05, 0) is 12.8 Å². The summed E-state index contributed by atoms with van der Waals surface area (Å²) in [5.74, 6) is -1.20. The molecule has 1 aliphatic rings. The Bertz CT molecular complexity index is 215. The predicted octanol–water partition coefficient (Wildman–Crippen LogP) is -0.403. The van der Waals surface area contributed by atoms with Gasteiger partial charge in [0.15, 0.2) is 0 Å². The fourth-order valence-corrected chi connectivity index (χ4v) is 1.44. The van der Waals surface area contributed by atoms with Crippen molar-refractivity contribution in [1.82, 2.24) is 4.90 Å². The summed E-state index contributed by atoms with van der Waals surface area (Å²) in [4.78, 5) is 11.8. The molecule has 0 radical (unpaired) electrons. The zero-order valence-corrected chi connectivity index (χ0v) is 7.62. The Morgan fingerprint density at radius 3 is 2.29 bits per heavy atom. The molecule has 6 heteroatoms. The molecule has 1 heterocycles. The van der Waals surface area contributed by atoms with Gasteiger partial charge >= 0.3 is 6.43 Å². The Morgan fingerprint density at radius 2 is 1.93 bits per heavy atom. The van der Waals surface area contributed by atoms with Gasteiger partial charge in [-0.1, -0.05) is 0 Å². The van der Waals surface area contributed by atoms with E-state index in [4.69, 9.17) is 5.11 Å². The maximum absolute atomic E-state index is 12.0. The van der Waals surface area contributed by atoms with Crippen LogP contribution in [0.1, 0.15) is 12.8 Å². The van der Waals surface area contributed by atoms with E-state index in [0.717, 1.165) is 4.90 Å². The van der Waals surface area contributed by atoms with Crippen LogP contribution in [0.15, 0.2) is 0 Å². The lowest BCUT2D eigenvalue weighted by Crippen LogP contribution is -2.49. The summed E-state index contributed by atoms with van der Waals surface area (Å²) in [5, 5.41) is 18.3. The number of likely N-dealkylation sites (tertiary alicyclic amines) is 1. The molecule has 82 valence electrons. The van der Waals surface area contributed by atoms with Crippen LogP contribution in [-0.2, 0) is 4.79 Å². The second-order valence-corrected chi connectivity index (χ2v) is 3.51. The van der Waals surface area contributed by atoms with Gasteiger partial charge in [0.05, 0.1) is 12.2 Å². The molecule has 0 aliphatic carbocycles. The van der Waals surface area contributed by atoms with Crippen LogP contribution < -0.4 is 0 Å². The summed E-state index contributed by atoms with van der Waals surface area (Å²) in [6.45, 7) is -0.260. The first kappa shape index (κ1) is 11.3. The molecule has 1 amide bonds. The van der Waals surface area contributed by atoms with E-state index in [-0.39, 0.29) is 25.9 Å².